The maximum atomic E-state index is 13.0. The summed E-state index contributed by atoms with van der Waals surface area (Å²) in [6, 6.07) is 2.85. The highest BCUT2D eigenvalue weighted by Crippen LogP contribution is 2.21. The summed E-state index contributed by atoms with van der Waals surface area (Å²) in [5, 5.41) is 8.68. The van der Waals surface area contributed by atoms with Gasteiger partial charge in [0.1, 0.15) is 11.4 Å². The summed E-state index contributed by atoms with van der Waals surface area (Å²) < 4.78 is 39.1. The second-order valence-corrected chi connectivity index (χ2v) is 6.26. The van der Waals surface area contributed by atoms with E-state index in [-0.39, 0.29) is 16.3 Å². The van der Waals surface area contributed by atoms with Gasteiger partial charge in [-0.05, 0) is 31.5 Å². The van der Waals surface area contributed by atoms with Crippen LogP contribution in [-0.4, -0.2) is 25.0 Å². The summed E-state index contributed by atoms with van der Waals surface area (Å²) in [5.41, 5.74) is -1.64. The highest BCUT2D eigenvalue weighted by Gasteiger charge is 2.36. The van der Waals surface area contributed by atoms with E-state index in [0.717, 1.165) is 18.2 Å². The lowest BCUT2D eigenvalue weighted by Crippen LogP contribution is -2.51. The Morgan fingerprint density at radius 3 is 2.53 bits per heavy atom. The van der Waals surface area contributed by atoms with Crippen molar-refractivity contribution in [1.82, 2.24) is 4.72 Å². The van der Waals surface area contributed by atoms with Gasteiger partial charge in [0.25, 0.3) is 0 Å². The van der Waals surface area contributed by atoms with Crippen molar-refractivity contribution in [3.8, 4) is 0 Å². The minimum absolute atomic E-state index is 0.0521. The van der Waals surface area contributed by atoms with Gasteiger partial charge in [0.05, 0.1) is 9.92 Å². The quantitative estimate of drug-likeness (QED) is 0.871. The van der Waals surface area contributed by atoms with Crippen LogP contribution in [0.25, 0.3) is 0 Å². The molecule has 19 heavy (non-hydrogen) atoms. The highest BCUT2D eigenvalue weighted by atomic mass is 35.5. The first kappa shape index (κ1) is 15.9. The predicted octanol–water partition coefficient (Wildman–Crippen LogP) is 2.01. The molecule has 106 valence electrons. The number of hydrogen-bond acceptors (Lipinski definition) is 3. The molecule has 0 heterocycles. The molecule has 0 spiro atoms. The SMILES string of the molecule is CCC(C)(NS(=O)(=O)c1ccc(F)c(Cl)c1)C(=O)O. The van der Waals surface area contributed by atoms with Gasteiger partial charge in [0.15, 0.2) is 0 Å². The van der Waals surface area contributed by atoms with Crippen LogP contribution >= 0.6 is 11.6 Å². The number of nitrogens with one attached hydrogen (secondary N) is 1. The molecule has 1 atom stereocenters. The van der Waals surface area contributed by atoms with Crippen LogP contribution in [0.3, 0.4) is 0 Å². The number of sulfonamides is 1. The molecule has 0 radical (unpaired) electrons. The second-order valence-electron chi connectivity index (χ2n) is 4.17. The molecule has 0 bridgehead atoms. The standard InChI is InChI=1S/C11H13ClFNO4S/c1-3-11(2,10(15)16)14-19(17,18)7-4-5-9(13)8(12)6-7/h4-6,14H,3H2,1-2H3,(H,15,16). The maximum absolute atomic E-state index is 13.0. The minimum atomic E-state index is -4.10. The average Bonchev–Trinajstić information content (AvgIpc) is 2.31. The molecule has 1 unspecified atom stereocenters. The van der Waals surface area contributed by atoms with Gasteiger partial charge >= 0.3 is 5.97 Å². The summed E-state index contributed by atoms with van der Waals surface area (Å²) in [5.74, 6) is -2.05. The third kappa shape index (κ3) is 3.43. The van der Waals surface area contributed by atoms with Crippen LogP contribution < -0.4 is 4.72 Å². The van der Waals surface area contributed by atoms with E-state index < -0.39 is 27.3 Å². The topological polar surface area (TPSA) is 83.5 Å². The number of halogens is 2. The van der Waals surface area contributed by atoms with E-state index in [2.05, 4.69) is 4.72 Å². The first-order valence-corrected chi connectivity index (χ1v) is 7.21. The molecule has 0 aliphatic carbocycles. The minimum Gasteiger partial charge on any atom is -0.480 e. The van der Waals surface area contributed by atoms with E-state index in [9.17, 15) is 17.6 Å². The van der Waals surface area contributed by atoms with Crippen molar-refractivity contribution >= 4 is 27.6 Å². The zero-order valence-corrected chi connectivity index (χ0v) is 11.8. The van der Waals surface area contributed by atoms with Crippen LogP contribution in [0.4, 0.5) is 4.39 Å². The van der Waals surface area contributed by atoms with E-state index in [1.807, 2.05) is 0 Å². The number of carboxylic acid groups (broad SMARTS) is 1. The monoisotopic (exact) mass is 309 g/mol. The second kappa shape index (κ2) is 5.44. The smallest absolute Gasteiger partial charge is 0.324 e. The summed E-state index contributed by atoms with van der Waals surface area (Å²) >= 11 is 5.50. The van der Waals surface area contributed by atoms with Gasteiger partial charge in [-0.1, -0.05) is 18.5 Å². The molecule has 0 aliphatic rings. The lowest BCUT2D eigenvalue weighted by Gasteiger charge is -2.24. The van der Waals surface area contributed by atoms with Crippen molar-refractivity contribution in [2.75, 3.05) is 0 Å². The molecule has 0 aromatic heterocycles. The van der Waals surface area contributed by atoms with Crippen molar-refractivity contribution < 1.29 is 22.7 Å². The lowest BCUT2D eigenvalue weighted by molar-refractivity contribution is -0.143. The summed E-state index contributed by atoms with van der Waals surface area (Å²) in [4.78, 5) is 10.8. The fourth-order valence-electron chi connectivity index (χ4n) is 1.27. The van der Waals surface area contributed by atoms with Crippen LogP contribution in [0.1, 0.15) is 20.3 Å². The van der Waals surface area contributed by atoms with Crippen LogP contribution in [0.5, 0.6) is 0 Å². The molecule has 0 aliphatic heterocycles. The number of benzene rings is 1. The van der Waals surface area contributed by atoms with Gasteiger partial charge in [-0.25, -0.2) is 12.8 Å². The van der Waals surface area contributed by atoms with Gasteiger partial charge in [0, 0.05) is 0 Å². The van der Waals surface area contributed by atoms with E-state index in [4.69, 9.17) is 16.7 Å². The van der Waals surface area contributed by atoms with Crippen LogP contribution in [-0.2, 0) is 14.8 Å². The molecular weight excluding hydrogens is 297 g/mol. The molecule has 1 aromatic carbocycles. The fraction of sp³-hybridized carbons (Fsp3) is 0.364. The number of carboxylic acids is 1. The number of carbonyl (C=O) groups is 1. The molecule has 5 nitrogen and oxygen atoms in total. The Balaban J connectivity index is 3.18. The molecule has 0 saturated carbocycles. The summed E-state index contributed by atoms with van der Waals surface area (Å²) in [6.07, 6.45) is 0.0521. The van der Waals surface area contributed by atoms with E-state index in [1.54, 1.807) is 0 Å². The van der Waals surface area contributed by atoms with Crippen LogP contribution in [0.15, 0.2) is 23.1 Å². The summed E-state index contributed by atoms with van der Waals surface area (Å²) in [6.45, 7) is 2.78. The molecule has 1 rings (SSSR count). The molecular formula is C11H13ClFNO4S. The van der Waals surface area contributed by atoms with Crippen molar-refractivity contribution in [2.45, 2.75) is 30.7 Å². The van der Waals surface area contributed by atoms with Crippen molar-refractivity contribution in [3.05, 3.63) is 29.0 Å². The van der Waals surface area contributed by atoms with E-state index >= 15 is 0 Å². The first-order valence-electron chi connectivity index (χ1n) is 5.35. The largest absolute Gasteiger partial charge is 0.480 e. The predicted molar refractivity (Wildman–Crippen MR) is 68.1 cm³/mol. The zero-order valence-electron chi connectivity index (χ0n) is 10.3. The normalized spacial score (nSPS) is 14.9. The molecule has 8 heteroatoms. The third-order valence-electron chi connectivity index (χ3n) is 2.74. The van der Waals surface area contributed by atoms with Gasteiger partial charge < -0.3 is 5.11 Å². The van der Waals surface area contributed by atoms with Crippen molar-refractivity contribution in [3.63, 3.8) is 0 Å². The maximum Gasteiger partial charge on any atom is 0.324 e. The van der Waals surface area contributed by atoms with E-state index in [0.29, 0.717) is 0 Å². The van der Waals surface area contributed by atoms with Gasteiger partial charge in [0.2, 0.25) is 10.0 Å². The van der Waals surface area contributed by atoms with Crippen LogP contribution in [0.2, 0.25) is 5.02 Å². The zero-order chi connectivity index (χ0) is 14.8. The van der Waals surface area contributed by atoms with Gasteiger partial charge in [-0.2, -0.15) is 4.72 Å². The Morgan fingerprint density at radius 2 is 2.11 bits per heavy atom. The Morgan fingerprint density at radius 1 is 1.53 bits per heavy atom. The molecule has 0 saturated heterocycles. The van der Waals surface area contributed by atoms with E-state index in [1.165, 1.54) is 13.8 Å². The Labute approximate surface area is 115 Å². The van der Waals surface area contributed by atoms with Crippen LogP contribution in [0, 0.1) is 5.82 Å². The number of hydrogen-bond donors (Lipinski definition) is 2. The summed E-state index contributed by atoms with van der Waals surface area (Å²) in [7, 11) is -4.10. The Kier molecular flexibility index (Phi) is 4.54. The molecule has 0 fully saturated rings. The number of aliphatic carboxylic acids is 1. The lowest BCUT2D eigenvalue weighted by atomic mass is 10.0. The molecule has 2 N–H and O–H groups in total. The Hall–Kier alpha value is -1.18. The van der Waals surface area contributed by atoms with Gasteiger partial charge in [-0.15, -0.1) is 0 Å². The van der Waals surface area contributed by atoms with Crippen molar-refractivity contribution in [2.24, 2.45) is 0 Å². The molecule has 1 aromatic rings. The third-order valence-corrected chi connectivity index (χ3v) is 4.62. The fourth-order valence-corrected chi connectivity index (χ4v) is 2.97. The molecule has 0 amide bonds. The Bertz CT molecular complexity index is 605. The number of rotatable bonds is 5. The first-order chi connectivity index (χ1) is 8.62. The highest BCUT2D eigenvalue weighted by molar-refractivity contribution is 7.89. The average molecular weight is 310 g/mol. The van der Waals surface area contributed by atoms with Gasteiger partial charge in [-0.3, -0.25) is 4.79 Å². The van der Waals surface area contributed by atoms with Crippen molar-refractivity contribution in [1.29, 1.82) is 0 Å².